The van der Waals surface area contributed by atoms with Crippen LogP contribution in [0.5, 0.6) is 0 Å². The molecule has 0 fully saturated rings. The molecular weight excluding hydrogens is 442 g/mol. The van der Waals surface area contributed by atoms with E-state index < -0.39 is 0 Å². The van der Waals surface area contributed by atoms with Crippen molar-refractivity contribution in [2.45, 2.75) is 0 Å². The van der Waals surface area contributed by atoms with Crippen LogP contribution in [0, 0.1) is 0 Å². The lowest BCUT2D eigenvalue weighted by molar-refractivity contribution is 1.21. The molecule has 0 N–H and O–H groups in total. The lowest BCUT2D eigenvalue weighted by Crippen LogP contribution is -1.94. The number of thiophene rings is 2. The second-order valence-corrected chi connectivity index (χ2v) is 10.3. The van der Waals surface area contributed by atoms with Crippen LogP contribution in [0.1, 0.15) is 0 Å². The van der Waals surface area contributed by atoms with Gasteiger partial charge in [0.2, 0.25) is 0 Å². The molecular formula is C28H15N3S2. The molecule has 0 aliphatic carbocycles. The second kappa shape index (κ2) is 6.38. The van der Waals surface area contributed by atoms with E-state index in [9.17, 15) is 0 Å². The summed E-state index contributed by atoms with van der Waals surface area (Å²) in [6.45, 7) is 0. The van der Waals surface area contributed by atoms with E-state index in [0.717, 1.165) is 10.2 Å². The van der Waals surface area contributed by atoms with Gasteiger partial charge in [-0.05, 0) is 18.2 Å². The van der Waals surface area contributed by atoms with Crippen LogP contribution in [0.2, 0.25) is 0 Å². The predicted octanol–water partition coefficient (Wildman–Crippen LogP) is 8.31. The molecule has 4 aromatic carbocycles. The van der Waals surface area contributed by atoms with Gasteiger partial charge >= 0.3 is 0 Å². The highest BCUT2D eigenvalue weighted by atomic mass is 32.1. The summed E-state index contributed by atoms with van der Waals surface area (Å²) in [5.41, 5.74) is 3.71. The first-order chi connectivity index (χ1) is 16.4. The number of para-hydroxylation sites is 1. The van der Waals surface area contributed by atoms with Crippen LogP contribution in [-0.4, -0.2) is 14.5 Å². The Morgan fingerprint density at radius 1 is 0.606 bits per heavy atom. The van der Waals surface area contributed by atoms with E-state index in [0.29, 0.717) is 0 Å². The van der Waals surface area contributed by atoms with Crippen LogP contribution in [0.3, 0.4) is 0 Å². The maximum atomic E-state index is 4.56. The number of rotatable bonds is 1. The van der Waals surface area contributed by atoms with Crippen LogP contribution in [-0.2, 0) is 0 Å². The minimum absolute atomic E-state index is 1.03. The molecule has 0 radical (unpaired) electrons. The van der Waals surface area contributed by atoms with E-state index in [4.69, 9.17) is 0 Å². The van der Waals surface area contributed by atoms with Gasteiger partial charge in [0.05, 0.1) is 26.1 Å². The fraction of sp³-hybridized carbons (Fsp3) is 0. The van der Waals surface area contributed by atoms with E-state index in [2.05, 4.69) is 93.4 Å². The van der Waals surface area contributed by atoms with Gasteiger partial charge in [-0.2, -0.15) is 0 Å². The molecule has 0 bridgehead atoms. The first-order valence-corrected chi connectivity index (χ1v) is 12.5. The summed E-state index contributed by atoms with van der Waals surface area (Å²) in [6.07, 6.45) is 3.58. The number of aromatic nitrogens is 3. The molecule has 4 heterocycles. The first kappa shape index (κ1) is 17.7. The molecule has 0 saturated carbocycles. The standard InChI is InChI=1S/C28H15N3S2/c1-3-9-22-16(6-1)18-12-13-20-21-14-29-15-30-28(21)33-27(20)25(18)31(22)23-10-5-8-19-17-7-2-4-11-24(17)32-26(19)23/h1-15H. The fourth-order valence-corrected chi connectivity index (χ4v) is 7.54. The van der Waals surface area contributed by atoms with Crippen LogP contribution < -0.4 is 0 Å². The molecule has 154 valence electrons. The smallest absolute Gasteiger partial charge is 0.127 e. The Morgan fingerprint density at radius 2 is 1.39 bits per heavy atom. The summed E-state index contributed by atoms with van der Waals surface area (Å²) in [5.74, 6) is 0. The van der Waals surface area contributed by atoms with E-state index in [1.165, 1.54) is 57.8 Å². The second-order valence-electron chi connectivity index (χ2n) is 8.29. The van der Waals surface area contributed by atoms with Crippen molar-refractivity contribution in [2.24, 2.45) is 0 Å². The van der Waals surface area contributed by atoms with Crippen molar-refractivity contribution in [2.75, 3.05) is 0 Å². The first-order valence-electron chi connectivity index (χ1n) is 10.8. The normalized spacial score (nSPS) is 12.2. The van der Waals surface area contributed by atoms with Gasteiger partial charge in [-0.3, -0.25) is 0 Å². The summed E-state index contributed by atoms with van der Waals surface area (Å²) < 4.78 is 6.37. The summed E-state index contributed by atoms with van der Waals surface area (Å²) in [4.78, 5) is 9.89. The van der Waals surface area contributed by atoms with Gasteiger partial charge in [0.1, 0.15) is 11.2 Å². The van der Waals surface area contributed by atoms with E-state index in [-0.39, 0.29) is 0 Å². The Balaban J connectivity index is 1.63. The predicted molar refractivity (Wildman–Crippen MR) is 142 cm³/mol. The third-order valence-electron chi connectivity index (χ3n) is 6.58. The van der Waals surface area contributed by atoms with Crippen LogP contribution >= 0.6 is 22.7 Å². The van der Waals surface area contributed by atoms with Crippen LogP contribution in [0.15, 0.2) is 91.4 Å². The average molecular weight is 458 g/mol. The zero-order chi connectivity index (χ0) is 21.5. The number of benzene rings is 4. The highest BCUT2D eigenvalue weighted by Gasteiger charge is 2.20. The molecule has 4 aromatic heterocycles. The third-order valence-corrected chi connectivity index (χ3v) is 8.92. The van der Waals surface area contributed by atoms with E-state index in [1.54, 1.807) is 17.7 Å². The monoisotopic (exact) mass is 457 g/mol. The van der Waals surface area contributed by atoms with Gasteiger partial charge in [-0.1, -0.05) is 60.7 Å². The molecule has 0 aliphatic heterocycles. The van der Waals surface area contributed by atoms with Gasteiger partial charge in [-0.15, -0.1) is 22.7 Å². The average Bonchev–Trinajstić information content (AvgIpc) is 3.53. The van der Waals surface area contributed by atoms with E-state index >= 15 is 0 Å². The van der Waals surface area contributed by atoms with E-state index in [1.807, 2.05) is 17.5 Å². The van der Waals surface area contributed by atoms with Gasteiger partial charge in [0, 0.05) is 43.2 Å². The van der Waals surface area contributed by atoms with Crippen molar-refractivity contribution in [1.29, 1.82) is 0 Å². The molecule has 3 nitrogen and oxygen atoms in total. The molecule has 33 heavy (non-hydrogen) atoms. The Morgan fingerprint density at radius 3 is 2.36 bits per heavy atom. The van der Waals surface area contributed by atoms with Crippen LogP contribution in [0.25, 0.3) is 68.0 Å². The zero-order valence-electron chi connectivity index (χ0n) is 17.3. The molecule has 0 amide bonds. The molecule has 0 saturated heterocycles. The Kier molecular flexibility index (Phi) is 3.42. The fourth-order valence-electron chi connectivity index (χ4n) is 5.18. The number of fused-ring (bicyclic) bond motifs is 10. The Labute approximate surface area is 196 Å². The highest BCUT2D eigenvalue weighted by Crippen LogP contribution is 2.44. The molecule has 5 heteroatoms. The van der Waals surface area contributed by atoms with Gasteiger partial charge in [0.25, 0.3) is 0 Å². The Hall–Kier alpha value is -3.80. The number of nitrogens with zero attached hydrogens (tertiary/aromatic N) is 3. The van der Waals surface area contributed by atoms with Crippen molar-refractivity contribution in [1.82, 2.24) is 14.5 Å². The Bertz CT molecular complexity index is 2040. The van der Waals surface area contributed by atoms with Crippen molar-refractivity contribution in [3.05, 3.63) is 91.4 Å². The third kappa shape index (κ3) is 2.28. The van der Waals surface area contributed by atoms with Gasteiger partial charge in [0.15, 0.2) is 0 Å². The van der Waals surface area contributed by atoms with Crippen molar-refractivity contribution >= 4 is 85.0 Å². The SMILES string of the molecule is c1ccc2c(c1)sc1c(-n3c4ccccc4c4ccc5c6cncnc6sc5c43)cccc12. The van der Waals surface area contributed by atoms with Crippen molar-refractivity contribution < 1.29 is 0 Å². The number of hydrogen-bond donors (Lipinski definition) is 0. The summed E-state index contributed by atoms with van der Waals surface area (Å²) in [6, 6.07) is 28.6. The number of hydrogen-bond acceptors (Lipinski definition) is 4. The largest absolute Gasteiger partial charge is 0.306 e. The maximum absolute atomic E-state index is 4.56. The van der Waals surface area contributed by atoms with Crippen molar-refractivity contribution in [3.63, 3.8) is 0 Å². The minimum atomic E-state index is 1.03. The van der Waals surface area contributed by atoms with Gasteiger partial charge in [-0.25, -0.2) is 9.97 Å². The zero-order valence-corrected chi connectivity index (χ0v) is 19.0. The molecule has 8 aromatic rings. The van der Waals surface area contributed by atoms with Crippen LogP contribution in [0.4, 0.5) is 0 Å². The summed E-state index contributed by atoms with van der Waals surface area (Å²) in [5, 5.41) is 7.52. The molecule has 0 atom stereocenters. The summed E-state index contributed by atoms with van der Waals surface area (Å²) >= 11 is 3.63. The molecule has 0 unspecified atom stereocenters. The van der Waals surface area contributed by atoms with Gasteiger partial charge < -0.3 is 4.57 Å². The molecule has 0 aliphatic rings. The molecule has 8 rings (SSSR count). The van der Waals surface area contributed by atoms with Crippen molar-refractivity contribution in [3.8, 4) is 5.69 Å². The minimum Gasteiger partial charge on any atom is -0.306 e. The lowest BCUT2D eigenvalue weighted by atomic mass is 10.1. The summed E-state index contributed by atoms with van der Waals surface area (Å²) in [7, 11) is 0. The quantitative estimate of drug-likeness (QED) is 0.248. The highest BCUT2D eigenvalue weighted by molar-refractivity contribution is 7.26. The topological polar surface area (TPSA) is 30.7 Å². The molecule has 0 spiro atoms. The lowest BCUT2D eigenvalue weighted by Gasteiger charge is -2.10. The maximum Gasteiger partial charge on any atom is 0.127 e.